The Bertz CT molecular complexity index is 591. The lowest BCUT2D eigenvalue weighted by Gasteiger charge is -2.17. The van der Waals surface area contributed by atoms with Gasteiger partial charge >= 0.3 is 0 Å². The topological polar surface area (TPSA) is 27.7 Å². The number of benzene rings is 1. The Kier molecular flexibility index (Phi) is 5.01. The van der Waals surface area contributed by atoms with E-state index in [0.29, 0.717) is 13.2 Å². The van der Waals surface area contributed by atoms with E-state index in [-0.39, 0.29) is 6.10 Å². The van der Waals surface area contributed by atoms with E-state index in [1.165, 1.54) is 0 Å². The molecule has 0 aliphatic carbocycles. The molecule has 1 atom stereocenters. The smallest absolute Gasteiger partial charge is 0.163 e. The lowest BCUT2D eigenvalue weighted by molar-refractivity contribution is -0.141. The van der Waals surface area contributed by atoms with E-state index < -0.39 is 13.9 Å². The maximum absolute atomic E-state index is 5.87. The fraction of sp³-hybridized carbons (Fsp3) is 0.556. The Morgan fingerprint density at radius 3 is 2.59 bits per heavy atom. The van der Waals surface area contributed by atoms with Crippen molar-refractivity contribution < 1.29 is 14.2 Å². The van der Waals surface area contributed by atoms with E-state index in [4.69, 9.17) is 14.2 Å². The van der Waals surface area contributed by atoms with E-state index in [9.17, 15) is 0 Å². The number of ether oxygens (including phenoxy) is 3. The van der Waals surface area contributed by atoms with Crippen LogP contribution in [-0.4, -0.2) is 33.2 Å². The van der Waals surface area contributed by atoms with Crippen molar-refractivity contribution in [3.63, 3.8) is 0 Å². The van der Waals surface area contributed by atoms with Crippen LogP contribution in [0.5, 0.6) is 5.75 Å². The van der Waals surface area contributed by atoms with Gasteiger partial charge in [0.1, 0.15) is 26.5 Å². The monoisotopic (exact) mass is 318 g/mol. The molecule has 120 valence electrons. The largest absolute Gasteiger partial charge is 0.491 e. The molecule has 1 aromatic rings. The molecule has 4 heteroatoms. The molecule has 0 radical (unpaired) electrons. The summed E-state index contributed by atoms with van der Waals surface area (Å²) in [6.07, 6.45) is -0.0132. The molecule has 0 spiro atoms. The van der Waals surface area contributed by atoms with E-state index in [1.54, 1.807) is 0 Å². The summed E-state index contributed by atoms with van der Waals surface area (Å²) >= 11 is 0. The van der Waals surface area contributed by atoms with E-state index in [1.807, 2.05) is 32.9 Å². The quantitative estimate of drug-likeness (QED) is 0.627. The van der Waals surface area contributed by atoms with E-state index in [0.717, 1.165) is 16.9 Å². The highest BCUT2D eigenvalue weighted by molar-refractivity contribution is 6.83. The van der Waals surface area contributed by atoms with Crippen molar-refractivity contribution >= 4 is 8.07 Å². The molecule has 0 bridgehead atoms. The summed E-state index contributed by atoms with van der Waals surface area (Å²) in [4.78, 5) is 0. The van der Waals surface area contributed by atoms with Gasteiger partial charge in [-0.15, -0.1) is 5.54 Å². The standard InChI is InChI=1S/C18H26O3Si/c1-14-11-15(9-10-22(4,5)6)7-8-17(14)19-12-16-13-20-18(2,3)21-16/h7-8,11,16H,12-13H2,1-6H3/t16-/m0/s1. The van der Waals surface area contributed by atoms with Crippen molar-refractivity contribution in [3.05, 3.63) is 29.3 Å². The Labute approximate surface area is 135 Å². The third-order valence-corrected chi connectivity index (χ3v) is 4.12. The first kappa shape index (κ1) is 17.1. The van der Waals surface area contributed by atoms with Crippen molar-refractivity contribution in [3.8, 4) is 17.2 Å². The van der Waals surface area contributed by atoms with Crippen LogP contribution in [0.4, 0.5) is 0 Å². The average Bonchev–Trinajstić information content (AvgIpc) is 2.74. The van der Waals surface area contributed by atoms with Crippen LogP contribution in [0.1, 0.15) is 25.0 Å². The van der Waals surface area contributed by atoms with Gasteiger partial charge in [0, 0.05) is 5.56 Å². The number of hydrogen-bond acceptors (Lipinski definition) is 3. The van der Waals surface area contributed by atoms with Gasteiger partial charge in [-0.3, -0.25) is 0 Å². The molecule has 0 N–H and O–H groups in total. The number of hydrogen-bond donors (Lipinski definition) is 0. The van der Waals surface area contributed by atoms with Crippen LogP contribution in [0.2, 0.25) is 19.6 Å². The molecule has 1 aliphatic heterocycles. The molecule has 2 rings (SSSR count). The predicted octanol–water partition coefficient (Wildman–Crippen LogP) is 3.75. The van der Waals surface area contributed by atoms with Crippen LogP contribution in [-0.2, 0) is 9.47 Å². The first-order chi connectivity index (χ1) is 10.1. The second kappa shape index (κ2) is 6.45. The van der Waals surface area contributed by atoms with Crippen molar-refractivity contribution in [2.75, 3.05) is 13.2 Å². The van der Waals surface area contributed by atoms with Gasteiger partial charge in [0.2, 0.25) is 0 Å². The first-order valence-electron chi connectivity index (χ1n) is 7.73. The zero-order valence-electron chi connectivity index (χ0n) is 14.4. The summed E-state index contributed by atoms with van der Waals surface area (Å²) < 4.78 is 17.2. The third-order valence-electron chi connectivity index (χ3n) is 3.25. The molecular weight excluding hydrogens is 292 g/mol. The molecule has 0 saturated carbocycles. The molecular formula is C18H26O3Si. The highest BCUT2D eigenvalue weighted by Gasteiger charge is 2.33. The molecule has 22 heavy (non-hydrogen) atoms. The Hall–Kier alpha value is -1.28. The van der Waals surface area contributed by atoms with E-state index in [2.05, 4.69) is 37.2 Å². The lowest BCUT2D eigenvalue weighted by atomic mass is 10.1. The van der Waals surface area contributed by atoms with Gasteiger partial charge in [-0.25, -0.2) is 0 Å². The van der Waals surface area contributed by atoms with Crippen LogP contribution >= 0.6 is 0 Å². The third kappa shape index (κ3) is 5.17. The summed E-state index contributed by atoms with van der Waals surface area (Å²) in [6, 6.07) is 6.09. The zero-order chi connectivity index (χ0) is 16.4. The SMILES string of the molecule is Cc1cc(C#C[Si](C)(C)C)ccc1OC[C@H]1COC(C)(C)O1. The van der Waals surface area contributed by atoms with Gasteiger partial charge in [-0.05, 0) is 44.5 Å². The fourth-order valence-corrected chi connectivity index (χ4v) is 2.70. The molecule has 1 aliphatic rings. The molecule has 1 saturated heterocycles. The second-order valence-electron chi connectivity index (χ2n) is 7.24. The summed E-state index contributed by atoms with van der Waals surface area (Å²) in [5, 5.41) is 0. The zero-order valence-corrected chi connectivity index (χ0v) is 15.4. The van der Waals surface area contributed by atoms with Crippen molar-refractivity contribution in [1.29, 1.82) is 0 Å². The molecule has 1 heterocycles. The maximum Gasteiger partial charge on any atom is 0.163 e. The van der Waals surface area contributed by atoms with Gasteiger partial charge in [0.05, 0.1) is 6.61 Å². The van der Waals surface area contributed by atoms with Crippen LogP contribution in [0.15, 0.2) is 18.2 Å². The predicted molar refractivity (Wildman–Crippen MR) is 91.8 cm³/mol. The van der Waals surface area contributed by atoms with Gasteiger partial charge < -0.3 is 14.2 Å². The maximum atomic E-state index is 5.87. The summed E-state index contributed by atoms with van der Waals surface area (Å²) in [5.74, 6) is 3.65. The van der Waals surface area contributed by atoms with Crippen molar-refractivity contribution in [2.24, 2.45) is 0 Å². The minimum absolute atomic E-state index is 0.0132. The van der Waals surface area contributed by atoms with Crippen LogP contribution in [0.25, 0.3) is 0 Å². The molecule has 0 amide bonds. The first-order valence-corrected chi connectivity index (χ1v) is 11.2. The summed E-state index contributed by atoms with van der Waals surface area (Å²) in [6.45, 7) is 13.7. The normalized spacial score (nSPS) is 20.4. The van der Waals surface area contributed by atoms with Crippen LogP contribution in [0.3, 0.4) is 0 Å². The molecule has 3 nitrogen and oxygen atoms in total. The van der Waals surface area contributed by atoms with Gasteiger partial charge in [0.15, 0.2) is 5.79 Å². The summed E-state index contributed by atoms with van der Waals surface area (Å²) in [5.41, 5.74) is 5.53. The van der Waals surface area contributed by atoms with Gasteiger partial charge in [-0.2, -0.15) is 0 Å². The molecule has 0 aromatic heterocycles. The molecule has 0 unspecified atom stereocenters. The highest BCUT2D eigenvalue weighted by Crippen LogP contribution is 2.24. The van der Waals surface area contributed by atoms with Crippen LogP contribution in [0, 0.1) is 18.4 Å². The molecule has 1 aromatic carbocycles. The molecule has 1 fully saturated rings. The number of rotatable bonds is 3. The minimum atomic E-state index is -1.34. The second-order valence-corrected chi connectivity index (χ2v) is 12.0. The Morgan fingerprint density at radius 2 is 2.05 bits per heavy atom. The highest BCUT2D eigenvalue weighted by atomic mass is 28.3. The Balaban J connectivity index is 1.97. The fourth-order valence-electron chi connectivity index (χ4n) is 2.18. The number of aryl methyl sites for hydroxylation is 1. The minimum Gasteiger partial charge on any atom is -0.491 e. The van der Waals surface area contributed by atoms with Crippen molar-refractivity contribution in [1.82, 2.24) is 0 Å². The lowest BCUT2D eigenvalue weighted by Crippen LogP contribution is -2.25. The Morgan fingerprint density at radius 1 is 1.32 bits per heavy atom. The van der Waals surface area contributed by atoms with Crippen LogP contribution < -0.4 is 4.74 Å². The average molecular weight is 318 g/mol. The van der Waals surface area contributed by atoms with Gasteiger partial charge in [-0.1, -0.05) is 25.6 Å². The van der Waals surface area contributed by atoms with Gasteiger partial charge in [0.25, 0.3) is 0 Å². The van der Waals surface area contributed by atoms with E-state index >= 15 is 0 Å². The summed E-state index contributed by atoms with van der Waals surface area (Å²) in [7, 11) is -1.34. The van der Waals surface area contributed by atoms with Crippen molar-refractivity contribution in [2.45, 2.75) is 52.3 Å².